The van der Waals surface area contributed by atoms with E-state index in [1.165, 1.54) is 0 Å². The smallest absolute Gasteiger partial charge is 0.250 e. The monoisotopic (exact) mass is 314 g/mol. The number of hydrogen-bond donors (Lipinski definition) is 1. The van der Waals surface area contributed by atoms with Crippen molar-refractivity contribution >= 4 is 5.69 Å². The summed E-state index contributed by atoms with van der Waals surface area (Å²) in [6.45, 7) is 5.41. The Morgan fingerprint density at radius 1 is 1.09 bits per heavy atom. The van der Waals surface area contributed by atoms with Crippen LogP contribution in [0.2, 0.25) is 0 Å². The number of anilines is 1. The Bertz CT molecular complexity index is 693. The first-order valence-corrected chi connectivity index (χ1v) is 7.95. The van der Waals surface area contributed by atoms with Gasteiger partial charge >= 0.3 is 0 Å². The first-order chi connectivity index (χ1) is 11.3. The van der Waals surface area contributed by atoms with Crippen LogP contribution in [-0.2, 0) is 13.2 Å². The SMILES string of the molecule is O=c1ccccn1CCN1CCN(c2ccnc(CO)c2)CC1. The molecular weight excluding hydrogens is 292 g/mol. The number of piperazine rings is 1. The molecule has 2 aromatic heterocycles. The number of aliphatic hydroxyl groups is 1. The highest BCUT2D eigenvalue weighted by molar-refractivity contribution is 5.46. The van der Waals surface area contributed by atoms with E-state index in [1.807, 2.05) is 24.4 Å². The number of rotatable bonds is 5. The predicted octanol–water partition coefficient (Wildman–Crippen LogP) is 0.558. The van der Waals surface area contributed by atoms with E-state index in [-0.39, 0.29) is 12.2 Å². The van der Waals surface area contributed by atoms with Gasteiger partial charge in [-0.1, -0.05) is 6.07 Å². The van der Waals surface area contributed by atoms with Gasteiger partial charge in [0.2, 0.25) is 0 Å². The van der Waals surface area contributed by atoms with Crippen LogP contribution in [-0.4, -0.2) is 52.3 Å². The molecule has 2 aromatic rings. The third-order valence-corrected chi connectivity index (χ3v) is 4.26. The van der Waals surface area contributed by atoms with Gasteiger partial charge in [0.25, 0.3) is 5.56 Å². The summed E-state index contributed by atoms with van der Waals surface area (Å²) in [5.74, 6) is 0. The van der Waals surface area contributed by atoms with Crippen molar-refractivity contribution in [2.24, 2.45) is 0 Å². The molecule has 6 heteroatoms. The van der Waals surface area contributed by atoms with Crippen molar-refractivity contribution in [3.63, 3.8) is 0 Å². The van der Waals surface area contributed by atoms with Gasteiger partial charge in [-0.3, -0.25) is 14.7 Å². The first-order valence-electron chi connectivity index (χ1n) is 7.95. The van der Waals surface area contributed by atoms with E-state index in [0.717, 1.165) is 45.0 Å². The Morgan fingerprint density at radius 3 is 2.65 bits per heavy atom. The third-order valence-electron chi connectivity index (χ3n) is 4.26. The average molecular weight is 314 g/mol. The molecule has 1 N–H and O–H groups in total. The lowest BCUT2D eigenvalue weighted by Gasteiger charge is -2.36. The van der Waals surface area contributed by atoms with Crippen molar-refractivity contribution in [1.29, 1.82) is 0 Å². The van der Waals surface area contributed by atoms with E-state index in [4.69, 9.17) is 0 Å². The summed E-state index contributed by atoms with van der Waals surface area (Å²) in [4.78, 5) is 20.5. The molecule has 3 rings (SSSR count). The van der Waals surface area contributed by atoms with Crippen molar-refractivity contribution in [2.45, 2.75) is 13.2 Å². The molecule has 23 heavy (non-hydrogen) atoms. The molecule has 6 nitrogen and oxygen atoms in total. The predicted molar refractivity (Wildman–Crippen MR) is 89.5 cm³/mol. The molecule has 1 saturated heterocycles. The van der Waals surface area contributed by atoms with Crippen molar-refractivity contribution in [3.05, 3.63) is 58.8 Å². The summed E-state index contributed by atoms with van der Waals surface area (Å²) in [5.41, 5.74) is 1.87. The molecule has 0 spiro atoms. The summed E-state index contributed by atoms with van der Waals surface area (Å²) in [6.07, 6.45) is 3.58. The average Bonchev–Trinajstić information content (AvgIpc) is 2.61. The van der Waals surface area contributed by atoms with E-state index in [0.29, 0.717) is 5.69 Å². The zero-order chi connectivity index (χ0) is 16.1. The van der Waals surface area contributed by atoms with Crippen LogP contribution >= 0.6 is 0 Å². The normalized spacial score (nSPS) is 15.8. The maximum absolute atomic E-state index is 11.7. The van der Waals surface area contributed by atoms with Crippen LogP contribution in [0.5, 0.6) is 0 Å². The van der Waals surface area contributed by atoms with Crippen LogP contribution in [0.15, 0.2) is 47.5 Å². The summed E-state index contributed by atoms with van der Waals surface area (Å²) < 4.78 is 1.75. The summed E-state index contributed by atoms with van der Waals surface area (Å²) >= 11 is 0. The van der Waals surface area contributed by atoms with Crippen molar-refractivity contribution in [1.82, 2.24) is 14.5 Å². The third kappa shape index (κ3) is 3.97. The zero-order valence-electron chi connectivity index (χ0n) is 13.1. The number of aromatic nitrogens is 2. The van der Waals surface area contributed by atoms with E-state index < -0.39 is 0 Å². The van der Waals surface area contributed by atoms with Crippen LogP contribution in [0.25, 0.3) is 0 Å². The lowest BCUT2D eigenvalue weighted by atomic mass is 10.2. The second-order valence-corrected chi connectivity index (χ2v) is 5.72. The van der Waals surface area contributed by atoms with Gasteiger partial charge < -0.3 is 14.6 Å². The quantitative estimate of drug-likeness (QED) is 0.874. The molecule has 0 radical (unpaired) electrons. The Morgan fingerprint density at radius 2 is 1.91 bits per heavy atom. The lowest BCUT2D eigenvalue weighted by molar-refractivity contribution is 0.247. The Labute approximate surface area is 135 Å². The standard InChI is InChI=1S/C17H22N4O2/c22-14-15-13-16(4-5-18-15)20-10-7-19(8-11-20)9-12-21-6-2-1-3-17(21)23/h1-6,13,22H,7-12,14H2. The first kappa shape index (κ1) is 15.7. The minimum Gasteiger partial charge on any atom is -0.390 e. The molecule has 0 unspecified atom stereocenters. The minimum absolute atomic E-state index is 0.0281. The number of hydrogen-bond acceptors (Lipinski definition) is 5. The highest BCUT2D eigenvalue weighted by atomic mass is 16.3. The van der Waals surface area contributed by atoms with Crippen LogP contribution in [0, 0.1) is 0 Å². The van der Waals surface area contributed by atoms with Gasteiger partial charge in [0.1, 0.15) is 0 Å². The molecule has 122 valence electrons. The molecule has 0 aliphatic carbocycles. The van der Waals surface area contributed by atoms with E-state index >= 15 is 0 Å². The van der Waals surface area contributed by atoms with Crippen molar-refractivity contribution in [2.75, 3.05) is 37.6 Å². The maximum Gasteiger partial charge on any atom is 0.250 e. The Balaban J connectivity index is 1.52. The summed E-state index contributed by atoms with van der Waals surface area (Å²) in [5, 5.41) is 9.19. The van der Waals surface area contributed by atoms with Crippen LogP contribution in [0.4, 0.5) is 5.69 Å². The fraction of sp³-hybridized carbons (Fsp3) is 0.412. The van der Waals surface area contributed by atoms with Gasteiger partial charge in [-0.2, -0.15) is 0 Å². The van der Waals surface area contributed by atoms with E-state index in [1.54, 1.807) is 22.9 Å². The number of nitrogens with zero attached hydrogens (tertiary/aromatic N) is 4. The molecule has 0 bridgehead atoms. The molecule has 0 aromatic carbocycles. The molecule has 1 fully saturated rings. The highest BCUT2D eigenvalue weighted by Gasteiger charge is 2.17. The molecule has 0 saturated carbocycles. The van der Waals surface area contributed by atoms with Gasteiger partial charge in [-0.15, -0.1) is 0 Å². The number of pyridine rings is 2. The maximum atomic E-state index is 11.7. The molecule has 0 amide bonds. The fourth-order valence-corrected chi connectivity index (χ4v) is 2.87. The van der Waals surface area contributed by atoms with Crippen molar-refractivity contribution < 1.29 is 5.11 Å². The molecular formula is C17H22N4O2. The Hall–Kier alpha value is -2.18. The van der Waals surface area contributed by atoms with Gasteiger partial charge in [0, 0.05) is 63.4 Å². The summed E-state index contributed by atoms with van der Waals surface area (Å²) in [7, 11) is 0. The van der Waals surface area contributed by atoms with Crippen LogP contribution < -0.4 is 10.5 Å². The summed E-state index contributed by atoms with van der Waals surface area (Å²) in [6, 6.07) is 9.19. The van der Waals surface area contributed by atoms with Gasteiger partial charge in [-0.05, 0) is 18.2 Å². The largest absolute Gasteiger partial charge is 0.390 e. The number of aliphatic hydroxyl groups excluding tert-OH is 1. The van der Waals surface area contributed by atoms with E-state index in [2.05, 4.69) is 14.8 Å². The molecule has 3 heterocycles. The molecule has 1 aliphatic heterocycles. The van der Waals surface area contributed by atoms with Crippen molar-refractivity contribution in [3.8, 4) is 0 Å². The molecule has 0 atom stereocenters. The van der Waals surface area contributed by atoms with Gasteiger partial charge in [0.05, 0.1) is 12.3 Å². The fourth-order valence-electron chi connectivity index (χ4n) is 2.87. The van der Waals surface area contributed by atoms with Crippen LogP contribution in [0.3, 0.4) is 0 Å². The second-order valence-electron chi connectivity index (χ2n) is 5.72. The van der Waals surface area contributed by atoms with E-state index in [9.17, 15) is 9.90 Å². The zero-order valence-corrected chi connectivity index (χ0v) is 13.1. The second kappa shape index (κ2) is 7.39. The highest BCUT2D eigenvalue weighted by Crippen LogP contribution is 2.16. The lowest BCUT2D eigenvalue weighted by Crippen LogP contribution is -2.47. The van der Waals surface area contributed by atoms with Gasteiger partial charge in [0.15, 0.2) is 0 Å². The minimum atomic E-state index is -0.0281. The van der Waals surface area contributed by atoms with Gasteiger partial charge in [-0.25, -0.2) is 0 Å². The van der Waals surface area contributed by atoms with Crippen LogP contribution in [0.1, 0.15) is 5.69 Å². The Kier molecular flexibility index (Phi) is 5.05. The topological polar surface area (TPSA) is 61.6 Å². The molecule has 1 aliphatic rings.